The Morgan fingerprint density at radius 2 is 1.86 bits per heavy atom. The molecule has 4 aromatic rings. The van der Waals surface area contributed by atoms with Gasteiger partial charge in [0.05, 0.1) is 47.4 Å². The number of nitrogens with zero attached hydrogens (tertiary/aromatic N) is 4. The molecule has 2 heterocycles. The molecule has 4 rings (SSSR count). The van der Waals surface area contributed by atoms with Crippen LogP contribution in [0.15, 0.2) is 54.9 Å². The van der Waals surface area contributed by atoms with Crippen LogP contribution in [0.25, 0.3) is 16.6 Å². The van der Waals surface area contributed by atoms with Crippen LogP contribution in [-0.2, 0) is 16.1 Å². The van der Waals surface area contributed by atoms with Crippen LogP contribution in [-0.4, -0.2) is 39.1 Å². The molecule has 0 aliphatic carbocycles. The second kappa shape index (κ2) is 10.3. The summed E-state index contributed by atoms with van der Waals surface area (Å²) in [7, 11) is 1.30. The zero-order valence-corrected chi connectivity index (χ0v) is 20.2. The molecule has 2 aromatic heterocycles. The minimum atomic E-state index is -0.452. The zero-order valence-electron chi connectivity index (χ0n) is 20.2. The van der Waals surface area contributed by atoms with Gasteiger partial charge in [-0.3, -0.25) is 14.4 Å². The van der Waals surface area contributed by atoms with E-state index in [1.54, 1.807) is 64.1 Å². The first-order valence-electron chi connectivity index (χ1n) is 11.5. The molecule has 9 heteroatoms. The fraction of sp³-hybridized carbons (Fsp3) is 0.222. The third kappa shape index (κ3) is 4.74. The van der Waals surface area contributed by atoms with Crippen LogP contribution in [0, 0.1) is 18.3 Å². The molecule has 1 N–H and O–H groups in total. The van der Waals surface area contributed by atoms with Crippen LogP contribution in [0.4, 0.5) is 5.69 Å². The minimum Gasteiger partial charge on any atom is -0.468 e. The van der Waals surface area contributed by atoms with Gasteiger partial charge in [0.15, 0.2) is 5.78 Å². The molecule has 0 saturated carbocycles. The Labute approximate surface area is 207 Å². The monoisotopic (exact) mass is 483 g/mol. The van der Waals surface area contributed by atoms with Gasteiger partial charge in [0, 0.05) is 29.2 Å². The van der Waals surface area contributed by atoms with Gasteiger partial charge in [0.25, 0.3) is 5.91 Å². The molecule has 9 nitrogen and oxygen atoms in total. The molecule has 0 bridgehead atoms. The lowest BCUT2D eigenvalue weighted by atomic mass is 10.1. The standard InChI is InChI=1S/C27H25N5O4/c1-4-5-25(33)22-14-29-32(17(22)2)20-9-7-19(8-10-20)30-27(35)23-15-31(16-26(34)36-3)24-11-6-18(13-28)12-21(23)24/h6-12,14-15H,4-5,16H2,1-3H3,(H,30,35). The lowest BCUT2D eigenvalue weighted by Gasteiger charge is -2.08. The molecule has 1 amide bonds. The van der Waals surface area contributed by atoms with Crippen LogP contribution in [0.2, 0.25) is 0 Å². The van der Waals surface area contributed by atoms with E-state index in [0.29, 0.717) is 39.7 Å². The number of hydrogen-bond acceptors (Lipinski definition) is 6. The number of nitrogens with one attached hydrogen (secondary N) is 1. The molecule has 0 spiro atoms. The third-order valence-corrected chi connectivity index (χ3v) is 5.94. The Morgan fingerprint density at radius 3 is 2.53 bits per heavy atom. The van der Waals surface area contributed by atoms with Crippen molar-refractivity contribution < 1.29 is 19.1 Å². The van der Waals surface area contributed by atoms with Crippen LogP contribution in [0.1, 0.15) is 51.7 Å². The highest BCUT2D eigenvalue weighted by atomic mass is 16.5. The molecular weight excluding hydrogens is 458 g/mol. The predicted octanol–water partition coefficient (Wildman–Crippen LogP) is 4.42. The van der Waals surface area contributed by atoms with Gasteiger partial charge >= 0.3 is 5.97 Å². The first-order chi connectivity index (χ1) is 17.4. The van der Waals surface area contributed by atoms with Gasteiger partial charge < -0.3 is 14.6 Å². The minimum absolute atomic E-state index is 0.0627. The number of carbonyl (C=O) groups is 3. The molecule has 0 aliphatic heterocycles. The van der Waals surface area contributed by atoms with Crippen molar-refractivity contribution in [2.75, 3.05) is 12.4 Å². The lowest BCUT2D eigenvalue weighted by Crippen LogP contribution is -2.13. The maximum absolute atomic E-state index is 13.2. The van der Waals surface area contributed by atoms with Crippen molar-refractivity contribution in [3.63, 3.8) is 0 Å². The first kappa shape index (κ1) is 24.4. The Balaban J connectivity index is 1.59. The fourth-order valence-corrected chi connectivity index (χ4v) is 4.07. The van der Waals surface area contributed by atoms with E-state index in [-0.39, 0.29) is 18.2 Å². The highest BCUT2D eigenvalue weighted by molar-refractivity contribution is 6.13. The fourth-order valence-electron chi connectivity index (χ4n) is 4.07. The maximum atomic E-state index is 13.2. The molecule has 36 heavy (non-hydrogen) atoms. The summed E-state index contributed by atoms with van der Waals surface area (Å²) in [6, 6.07) is 14.1. The van der Waals surface area contributed by atoms with E-state index in [0.717, 1.165) is 17.8 Å². The molecule has 182 valence electrons. The average Bonchev–Trinajstić information content (AvgIpc) is 3.44. The number of anilines is 1. The number of methoxy groups -OCH3 is 1. The number of amides is 1. The van der Waals surface area contributed by atoms with Crippen molar-refractivity contribution in [2.24, 2.45) is 0 Å². The number of fused-ring (bicyclic) bond motifs is 1. The predicted molar refractivity (Wildman–Crippen MR) is 134 cm³/mol. The molecule has 0 fully saturated rings. The van der Waals surface area contributed by atoms with E-state index >= 15 is 0 Å². The number of aromatic nitrogens is 3. The van der Waals surface area contributed by atoms with Gasteiger partial charge in [-0.05, 0) is 55.8 Å². The Kier molecular flexibility index (Phi) is 6.97. The van der Waals surface area contributed by atoms with Crippen molar-refractivity contribution in [3.8, 4) is 11.8 Å². The Morgan fingerprint density at radius 1 is 1.11 bits per heavy atom. The number of hydrogen-bond donors (Lipinski definition) is 1. The van der Waals surface area contributed by atoms with E-state index in [4.69, 9.17) is 4.74 Å². The maximum Gasteiger partial charge on any atom is 0.325 e. The van der Waals surface area contributed by atoms with Crippen LogP contribution >= 0.6 is 0 Å². The van der Waals surface area contributed by atoms with Gasteiger partial charge in [0.2, 0.25) is 0 Å². The quantitative estimate of drug-likeness (QED) is 0.293. The second-order valence-corrected chi connectivity index (χ2v) is 8.32. The molecule has 0 aliphatic rings. The SMILES string of the molecule is CCCC(=O)c1cnn(-c2ccc(NC(=O)c3cn(CC(=O)OC)c4ccc(C#N)cc34)cc2)c1C. The summed E-state index contributed by atoms with van der Waals surface area (Å²) in [4.78, 5) is 37.3. The zero-order chi connectivity index (χ0) is 25.8. The van der Waals surface area contributed by atoms with Crippen LogP contribution in [0.3, 0.4) is 0 Å². The normalized spacial score (nSPS) is 10.7. The van der Waals surface area contributed by atoms with E-state index in [2.05, 4.69) is 16.5 Å². The van der Waals surface area contributed by atoms with Gasteiger partial charge in [-0.15, -0.1) is 0 Å². The largest absolute Gasteiger partial charge is 0.468 e. The summed E-state index contributed by atoms with van der Waals surface area (Å²) >= 11 is 0. The molecule has 0 atom stereocenters. The summed E-state index contributed by atoms with van der Waals surface area (Å²) in [5, 5.41) is 17.1. The van der Waals surface area contributed by atoms with E-state index in [1.165, 1.54) is 7.11 Å². The van der Waals surface area contributed by atoms with Crippen LogP contribution in [0.5, 0.6) is 0 Å². The number of carbonyl (C=O) groups excluding carboxylic acids is 3. The molecule has 0 unspecified atom stereocenters. The van der Waals surface area contributed by atoms with E-state index in [1.807, 2.05) is 13.8 Å². The van der Waals surface area contributed by atoms with Crippen molar-refractivity contribution >= 4 is 34.3 Å². The number of esters is 1. The smallest absolute Gasteiger partial charge is 0.325 e. The summed E-state index contributed by atoms with van der Waals surface area (Å²) in [5.41, 5.74) is 4.06. The van der Waals surface area contributed by atoms with Crippen LogP contribution < -0.4 is 5.32 Å². The molecule has 2 aromatic carbocycles. The number of rotatable bonds is 8. The molecular formula is C27H25N5O4. The van der Waals surface area contributed by atoms with Gasteiger partial charge in [-0.1, -0.05) is 6.92 Å². The topological polar surface area (TPSA) is 119 Å². The van der Waals surface area contributed by atoms with Crippen molar-refractivity contribution in [1.82, 2.24) is 14.3 Å². The number of nitriles is 1. The van der Waals surface area contributed by atoms with Gasteiger partial charge in [0.1, 0.15) is 6.54 Å². The third-order valence-electron chi connectivity index (χ3n) is 5.94. The highest BCUT2D eigenvalue weighted by Crippen LogP contribution is 2.25. The lowest BCUT2D eigenvalue weighted by molar-refractivity contribution is -0.141. The summed E-state index contributed by atoms with van der Waals surface area (Å²) in [6.45, 7) is 3.75. The Bertz CT molecular complexity index is 1510. The molecule has 0 saturated heterocycles. The Hall–Kier alpha value is -4.71. The van der Waals surface area contributed by atoms with Crippen molar-refractivity contribution in [2.45, 2.75) is 33.2 Å². The number of ketones is 1. The number of Topliss-reactive ketones (excluding diaryl/α,β-unsaturated/α-hetero) is 1. The summed E-state index contributed by atoms with van der Waals surface area (Å²) in [6.07, 6.45) is 4.41. The number of ether oxygens (including phenoxy) is 1. The average molecular weight is 484 g/mol. The second-order valence-electron chi connectivity index (χ2n) is 8.32. The van der Waals surface area contributed by atoms with E-state index in [9.17, 15) is 19.6 Å². The first-order valence-corrected chi connectivity index (χ1v) is 11.5. The van der Waals surface area contributed by atoms with Gasteiger partial charge in [-0.25, -0.2) is 4.68 Å². The van der Waals surface area contributed by atoms with Gasteiger partial charge in [-0.2, -0.15) is 10.4 Å². The summed E-state index contributed by atoms with van der Waals surface area (Å²) < 4.78 is 8.07. The van der Waals surface area contributed by atoms with Crippen molar-refractivity contribution in [1.29, 1.82) is 5.26 Å². The summed E-state index contributed by atoms with van der Waals surface area (Å²) in [5.74, 6) is -0.766. The van der Waals surface area contributed by atoms with Crippen molar-refractivity contribution in [3.05, 3.63) is 77.2 Å². The highest BCUT2D eigenvalue weighted by Gasteiger charge is 2.18. The molecule has 0 radical (unpaired) electrons. The number of benzene rings is 2. The van der Waals surface area contributed by atoms with E-state index < -0.39 is 5.97 Å².